The zero-order valence-electron chi connectivity index (χ0n) is 13.6. The molecule has 0 aromatic carbocycles. The van der Waals surface area contributed by atoms with Crippen molar-refractivity contribution < 1.29 is 9.21 Å². The zero-order chi connectivity index (χ0) is 15.8. The van der Waals surface area contributed by atoms with Crippen molar-refractivity contribution in [3.63, 3.8) is 0 Å². The average molecular weight is 434 g/mol. The predicted octanol–water partition coefficient (Wildman–Crippen LogP) is 2.63. The number of carbonyl (C=O) groups excluding carboxylic acids is 1. The summed E-state index contributed by atoms with van der Waals surface area (Å²) < 4.78 is 5.31. The van der Waals surface area contributed by atoms with Crippen LogP contribution in [0.4, 0.5) is 0 Å². The molecule has 0 saturated heterocycles. The van der Waals surface area contributed by atoms with Gasteiger partial charge in [-0.25, -0.2) is 0 Å². The van der Waals surface area contributed by atoms with Crippen LogP contribution in [0.1, 0.15) is 54.8 Å². The lowest BCUT2D eigenvalue weighted by Gasteiger charge is -2.12. The summed E-state index contributed by atoms with van der Waals surface area (Å²) in [4.78, 5) is 15.1. The third kappa shape index (κ3) is 6.80. The number of guanidine groups is 1. The van der Waals surface area contributed by atoms with Crippen molar-refractivity contribution in [1.29, 1.82) is 0 Å². The van der Waals surface area contributed by atoms with Crippen LogP contribution in [0.25, 0.3) is 0 Å². The van der Waals surface area contributed by atoms with Crippen molar-refractivity contribution in [3.05, 3.63) is 23.7 Å². The maximum absolute atomic E-state index is 11.0. The summed E-state index contributed by atoms with van der Waals surface area (Å²) in [6, 6.07) is 3.32. The highest BCUT2D eigenvalue weighted by atomic mass is 127. The number of rotatable bonds is 7. The molecule has 4 N–H and O–H groups in total. The first kappa shape index (κ1) is 19.8. The fourth-order valence-electron chi connectivity index (χ4n) is 2.89. The van der Waals surface area contributed by atoms with Gasteiger partial charge in [0, 0.05) is 13.6 Å². The lowest BCUT2D eigenvalue weighted by molar-refractivity contribution is 0.0972. The Kier molecular flexibility index (Phi) is 9.05. The number of nitrogens with two attached hydrogens (primary N) is 1. The molecular formula is C16H27IN4O2. The number of hydrogen-bond donors (Lipinski definition) is 3. The Balaban J connectivity index is 0.00000264. The molecule has 0 aliphatic heterocycles. The summed E-state index contributed by atoms with van der Waals surface area (Å²) in [5.41, 5.74) is 5.15. The zero-order valence-corrected chi connectivity index (χ0v) is 16.0. The monoisotopic (exact) mass is 434 g/mol. The molecular weight excluding hydrogens is 407 g/mol. The minimum absolute atomic E-state index is 0. The summed E-state index contributed by atoms with van der Waals surface area (Å²) in [5.74, 6) is 1.94. The first-order chi connectivity index (χ1) is 10.7. The van der Waals surface area contributed by atoms with Crippen LogP contribution in [0.2, 0.25) is 0 Å². The van der Waals surface area contributed by atoms with E-state index in [0.29, 0.717) is 12.3 Å². The SMILES string of the molecule is CN=C(NCCCC1CCCC1)NCc1ccc(C(N)=O)o1.I. The summed E-state index contributed by atoms with van der Waals surface area (Å²) in [6.07, 6.45) is 8.05. The molecule has 0 spiro atoms. The first-order valence-corrected chi connectivity index (χ1v) is 8.02. The maximum atomic E-state index is 11.0. The van der Waals surface area contributed by atoms with Crippen LogP contribution in [0.3, 0.4) is 0 Å². The highest BCUT2D eigenvalue weighted by molar-refractivity contribution is 14.0. The molecule has 1 aromatic rings. The Hall–Kier alpha value is -1.25. The molecule has 0 bridgehead atoms. The van der Waals surface area contributed by atoms with Gasteiger partial charge in [0.05, 0.1) is 6.54 Å². The number of nitrogens with zero attached hydrogens (tertiary/aromatic N) is 1. The van der Waals surface area contributed by atoms with Gasteiger partial charge in [0.2, 0.25) is 0 Å². The molecule has 1 saturated carbocycles. The Bertz CT molecular complexity index is 510. The second-order valence-electron chi connectivity index (χ2n) is 5.78. The van der Waals surface area contributed by atoms with E-state index in [4.69, 9.17) is 10.2 Å². The van der Waals surface area contributed by atoms with Crippen LogP contribution < -0.4 is 16.4 Å². The van der Waals surface area contributed by atoms with E-state index >= 15 is 0 Å². The minimum Gasteiger partial charge on any atom is -0.454 e. The Morgan fingerprint density at radius 2 is 2.09 bits per heavy atom. The van der Waals surface area contributed by atoms with E-state index in [2.05, 4.69) is 15.6 Å². The highest BCUT2D eigenvalue weighted by Gasteiger charge is 2.14. The van der Waals surface area contributed by atoms with Crippen LogP contribution in [0, 0.1) is 5.92 Å². The Labute approximate surface area is 154 Å². The van der Waals surface area contributed by atoms with Crippen LogP contribution in [0.5, 0.6) is 0 Å². The lowest BCUT2D eigenvalue weighted by atomic mass is 10.0. The molecule has 1 aromatic heterocycles. The number of amides is 1. The number of hydrogen-bond acceptors (Lipinski definition) is 3. The van der Waals surface area contributed by atoms with Crippen molar-refractivity contribution >= 4 is 35.8 Å². The van der Waals surface area contributed by atoms with Gasteiger partial charge in [0.15, 0.2) is 11.7 Å². The average Bonchev–Trinajstić information content (AvgIpc) is 3.18. The van der Waals surface area contributed by atoms with Gasteiger partial charge in [-0.3, -0.25) is 9.79 Å². The number of halogens is 1. The van der Waals surface area contributed by atoms with E-state index in [1.54, 1.807) is 19.2 Å². The fourth-order valence-corrected chi connectivity index (χ4v) is 2.89. The largest absolute Gasteiger partial charge is 0.454 e. The fraction of sp³-hybridized carbons (Fsp3) is 0.625. The van der Waals surface area contributed by atoms with Gasteiger partial charge >= 0.3 is 0 Å². The van der Waals surface area contributed by atoms with Gasteiger partial charge in [-0.2, -0.15) is 0 Å². The second-order valence-corrected chi connectivity index (χ2v) is 5.78. The van der Waals surface area contributed by atoms with Crippen LogP contribution >= 0.6 is 24.0 Å². The van der Waals surface area contributed by atoms with E-state index in [1.165, 1.54) is 32.1 Å². The number of aliphatic imine (C=N–C) groups is 1. The van der Waals surface area contributed by atoms with E-state index in [1.807, 2.05) is 0 Å². The van der Waals surface area contributed by atoms with Gasteiger partial charge in [-0.1, -0.05) is 25.7 Å². The summed E-state index contributed by atoms with van der Waals surface area (Å²) in [5, 5.41) is 6.46. The van der Waals surface area contributed by atoms with Crippen LogP contribution in [-0.2, 0) is 6.54 Å². The molecule has 1 heterocycles. The molecule has 1 amide bonds. The smallest absolute Gasteiger partial charge is 0.284 e. The molecule has 6 nitrogen and oxygen atoms in total. The topological polar surface area (TPSA) is 92.6 Å². The van der Waals surface area contributed by atoms with Crippen molar-refractivity contribution in [3.8, 4) is 0 Å². The van der Waals surface area contributed by atoms with Crippen molar-refractivity contribution in [2.45, 2.75) is 45.1 Å². The first-order valence-electron chi connectivity index (χ1n) is 8.02. The molecule has 130 valence electrons. The third-order valence-electron chi connectivity index (χ3n) is 4.11. The van der Waals surface area contributed by atoms with E-state index in [-0.39, 0.29) is 29.7 Å². The van der Waals surface area contributed by atoms with Crippen molar-refractivity contribution in [2.75, 3.05) is 13.6 Å². The van der Waals surface area contributed by atoms with E-state index < -0.39 is 5.91 Å². The van der Waals surface area contributed by atoms with Gasteiger partial charge in [0.25, 0.3) is 5.91 Å². The summed E-state index contributed by atoms with van der Waals surface area (Å²) in [7, 11) is 1.74. The van der Waals surface area contributed by atoms with Crippen molar-refractivity contribution in [1.82, 2.24) is 10.6 Å². The standard InChI is InChI=1S/C16H26N4O2.HI/c1-18-16(19-10-4-7-12-5-2-3-6-12)20-11-13-8-9-14(22-13)15(17)21;/h8-9,12H,2-7,10-11H2,1H3,(H2,17,21)(H2,18,19,20);1H. The normalized spacial score (nSPS) is 15.3. The molecule has 1 aliphatic carbocycles. The van der Waals surface area contributed by atoms with Gasteiger partial charge in [-0.05, 0) is 30.9 Å². The molecule has 1 fully saturated rings. The molecule has 7 heteroatoms. The van der Waals surface area contributed by atoms with Gasteiger partial charge in [0.1, 0.15) is 5.76 Å². The Morgan fingerprint density at radius 3 is 2.70 bits per heavy atom. The van der Waals surface area contributed by atoms with Crippen LogP contribution in [0.15, 0.2) is 21.5 Å². The minimum atomic E-state index is -0.555. The molecule has 2 rings (SSSR count). The predicted molar refractivity (Wildman–Crippen MR) is 102 cm³/mol. The summed E-state index contributed by atoms with van der Waals surface area (Å²) in [6.45, 7) is 1.39. The maximum Gasteiger partial charge on any atom is 0.284 e. The van der Waals surface area contributed by atoms with E-state index in [9.17, 15) is 4.79 Å². The Morgan fingerprint density at radius 1 is 1.35 bits per heavy atom. The number of carbonyl (C=O) groups is 1. The summed E-state index contributed by atoms with van der Waals surface area (Å²) >= 11 is 0. The molecule has 23 heavy (non-hydrogen) atoms. The van der Waals surface area contributed by atoms with E-state index in [0.717, 1.165) is 24.8 Å². The quantitative estimate of drug-likeness (QED) is 0.266. The third-order valence-corrected chi connectivity index (χ3v) is 4.11. The highest BCUT2D eigenvalue weighted by Crippen LogP contribution is 2.28. The molecule has 0 atom stereocenters. The lowest BCUT2D eigenvalue weighted by Crippen LogP contribution is -2.37. The number of primary amides is 1. The molecule has 0 radical (unpaired) electrons. The van der Waals surface area contributed by atoms with Crippen LogP contribution in [-0.4, -0.2) is 25.5 Å². The molecule has 0 unspecified atom stereocenters. The number of furan rings is 1. The second kappa shape index (κ2) is 10.5. The van der Waals surface area contributed by atoms with Gasteiger partial charge < -0.3 is 20.8 Å². The van der Waals surface area contributed by atoms with Gasteiger partial charge in [-0.15, -0.1) is 24.0 Å². The number of nitrogens with one attached hydrogen (secondary N) is 2. The van der Waals surface area contributed by atoms with Crippen molar-refractivity contribution in [2.24, 2.45) is 16.6 Å². The molecule has 1 aliphatic rings.